The van der Waals surface area contributed by atoms with Crippen molar-refractivity contribution in [3.8, 4) is 0 Å². The maximum absolute atomic E-state index is 5.77. The molecule has 0 amide bonds. The largest absolute Gasteiger partial charge is 0.397 e. The van der Waals surface area contributed by atoms with Crippen molar-refractivity contribution in [2.45, 2.75) is 6.42 Å². The van der Waals surface area contributed by atoms with Gasteiger partial charge in [-0.1, -0.05) is 24.1 Å². The Morgan fingerprint density at radius 2 is 2.36 bits per heavy atom. The summed E-state index contributed by atoms with van der Waals surface area (Å²) in [7, 11) is 0. The van der Waals surface area contributed by atoms with Gasteiger partial charge in [0.15, 0.2) is 0 Å². The van der Waals surface area contributed by atoms with E-state index in [0.717, 1.165) is 23.5 Å². The Morgan fingerprint density at radius 3 is 3.18 bits per heavy atom. The second kappa shape index (κ2) is 2.66. The minimum atomic E-state index is 0.856. The van der Waals surface area contributed by atoms with Crippen molar-refractivity contribution in [2.75, 3.05) is 16.2 Å². The third kappa shape index (κ3) is 1.16. The summed E-state index contributed by atoms with van der Waals surface area (Å²) in [6, 6.07) is 6.06. The predicted molar refractivity (Wildman–Crippen MR) is 50.6 cm³/mol. The van der Waals surface area contributed by atoms with E-state index in [-0.39, 0.29) is 0 Å². The van der Waals surface area contributed by atoms with E-state index in [2.05, 4.69) is 10.8 Å². The molecule has 2 nitrogen and oxygen atoms in total. The lowest BCUT2D eigenvalue weighted by Crippen LogP contribution is -2.06. The van der Waals surface area contributed by atoms with E-state index in [9.17, 15) is 0 Å². The standard InChI is InChI=1S/C8H10N2S/c9-7-3-1-2-6-4-5-11-10-8(6)7/h1-3,10H,4-5,9H2. The predicted octanol–water partition coefficient (Wildman–Crippen LogP) is 1.89. The molecule has 1 heterocycles. The zero-order valence-corrected chi connectivity index (χ0v) is 6.95. The van der Waals surface area contributed by atoms with Crippen LogP contribution in [0.3, 0.4) is 0 Å². The van der Waals surface area contributed by atoms with Gasteiger partial charge in [-0.2, -0.15) is 0 Å². The van der Waals surface area contributed by atoms with Gasteiger partial charge < -0.3 is 10.5 Å². The van der Waals surface area contributed by atoms with Gasteiger partial charge in [0.2, 0.25) is 0 Å². The summed E-state index contributed by atoms with van der Waals surface area (Å²) in [5.41, 5.74) is 9.07. The molecule has 0 saturated carbocycles. The lowest BCUT2D eigenvalue weighted by molar-refractivity contribution is 1.15. The third-order valence-corrected chi connectivity index (χ3v) is 2.59. The Morgan fingerprint density at radius 1 is 1.45 bits per heavy atom. The van der Waals surface area contributed by atoms with Crippen LogP contribution in [-0.4, -0.2) is 5.75 Å². The molecule has 0 bridgehead atoms. The summed E-state index contributed by atoms with van der Waals surface area (Å²) < 4.78 is 3.22. The fourth-order valence-electron chi connectivity index (χ4n) is 1.24. The average Bonchev–Trinajstić information content (AvgIpc) is 2.06. The Balaban J connectivity index is 2.49. The smallest absolute Gasteiger partial charge is 0.0705 e. The summed E-state index contributed by atoms with van der Waals surface area (Å²) in [5, 5.41) is 0. The molecule has 0 fully saturated rings. The van der Waals surface area contributed by atoms with E-state index in [1.54, 1.807) is 11.9 Å². The van der Waals surface area contributed by atoms with Crippen molar-refractivity contribution in [3.05, 3.63) is 23.8 Å². The number of anilines is 2. The molecule has 1 aromatic carbocycles. The Labute approximate surface area is 70.3 Å². The molecule has 1 aliphatic rings. The van der Waals surface area contributed by atoms with Crippen LogP contribution in [0, 0.1) is 0 Å². The van der Waals surface area contributed by atoms with E-state index >= 15 is 0 Å². The van der Waals surface area contributed by atoms with Crippen LogP contribution in [0.15, 0.2) is 18.2 Å². The lowest BCUT2D eigenvalue weighted by atomic mass is 10.1. The number of aryl methyl sites for hydroxylation is 1. The highest BCUT2D eigenvalue weighted by molar-refractivity contribution is 8.00. The molecular weight excluding hydrogens is 156 g/mol. The van der Waals surface area contributed by atoms with Crippen molar-refractivity contribution < 1.29 is 0 Å². The van der Waals surface area contributed by atoms with Gasteiger partial charge in [0.05, 0.1) is 11.4 Å². The number of nitrogens with one attached hydrogen (secondary N) is 1. The van der Waals surface area contributed by atoms with E-state index in [1.165, 1.54) is 5.56 Å². The minimum Gasteiger partial charge on any atom is -0.397 e. The van der Waals surface area contributed by atoms with E-state index in [1.807, 2.05) is 12.1 Å². The van der Waals surface area contributed by atoms with Gasteiger partial charge in [-0.25, -0.2) is 0 Å². The maximum Gasteiger partial charge on any atom is 0.0705 e. The molecule has 0 saturated heterocycles. The van der Waals surface area contributed by atoms with E-state index in [4.69, 9.17) is 5.73 Å². The number of nitrogen functional groups attached to an aromatic ring is 1. The SMILES string of the molecule is Nc1cccc2c1NSCC2. The van der Waals surface area contributed by atoms with Gasteiger partial charge in [0.25, 0.3) is 0 Å². The minimum absolute atomic E-state index is 0.856. The van der Waals surface area contributed by atoms with E-state index < -0.39 is 0 Å². The topological polar surface area (TPSA) is 38.0 Å². The molecule has 3 heteroatoms. The summed E-state index contributed by atoms with van der Waals surface area (Å²) in [6.45, 7) is 0. The number of fused-ring (bicyclic) bond motifs is 1. The first-order valence-corrected chi connectivity index (χ1v) is 4.61. The van der Waals surface area contributed by atoms with Crippen molar-refractivity contribution in [3.63, 3.8) is 0 Å². The van der Waals surface area contributed by atoms with Gasteiger partial charge in [-0.3, -0.25) is 0 Å². The van der Waals surface area contributed by atoms with Crippen molar-refractivity contribution in [2.24, 2.45) is 0 Å². The van der Waals surface area contributed by atoms with Crippen LogP contribution >= 0.6 is 11.9 Å². The highest BCUT2D eigenvalue weighted by atomic mass is 32.2. The molecule has 3 N–H and O–H groups in total. The van der Waals surface area contributed by atoms with Gasteiger partial charge >= 0.3 is 0 Å². The molecule has 0 unspecified atom stereocenters. The molecule has 0 spiro atoms. The van der Waals surface area contributed by atoms with Crippen LogP contribution in [0.5, 0.6) is 0 Å². The van der Waals surface area contributed by atoms with E-state index in [0.29, 0.717) is 0 Å². The molecule has 1 aliphatic heterocycles. The second-order valence-electron chi connectivity index (χ2n) is 2.58. The molecule has 0 aliphatic carbocycles. The normalized spacial score (nSPS) is 15.3. The maximum atomic E-state index is 5.77. The third-order valence-electron chi connectivity index (χ3n) is 1.83. The molecule has 0 aromatic heterocycles. The summed E-state index contributed by atoms with van der Waals surface area (Å²) >= 11 is 1.72. The Kier molecular flexibility index (Phi) is 1.66. The summed E-state index contributed by atoms with van der Waals surface area (Å²) in [4.78, 5) is 0. The number of hydrogen-bond acceptors (Lipinski definition) is 3. The van der Waals surface area contributed by atoms with Crippen molar-refractivity contribution in [1.82, 2.24) is 0 Å². The van der Waals surface area contributed by atoms with Gasteiger partial charge in [0.1, 0.15) is 0 Å². The van der Waals surface area contributed by atoms with Crippen LogP contribution in [0.4, 0.5) is 11.4 Å². The second-order valence-corrected chi connectivity index (χ2v) is 3.48. The van der Waals surface area contributed by atoms with Crippen LogP contribution in [-0.2, 0) is 6.42 Å². The molecule has 1 aromatic rings. The first kappa shape index (κ1) is 6.85. The lowest BCUT2D eigenvalue weighted by Gasteiger charge is -2.18. The Hall–Kier alpha value is -0.830. The molecular formula is C8H10N2S. The number of benzene rings is 1. The Bertz CT molecular complexity index is 273. The van der Waals surface area contributed by atoms with Crippen LogP contribution in [0.1, 0.15) is 5.56 Å². The molecule has 0 radical (unpaired) electrons. The summed E-state index contributed by atoms with van der Waals surface area (Å²) in [6.07, 6.45) is 1.12. The molecule has 0 atom stereocenters. The zero-order chi connectivity index (χ0) is 7.68. The number of rotatable bonds is 0. The molecule has 11 heavy (non-hydrogen) atoms. The highest BCUT2D eigenvalue weighted by Crippen LogP contribution is 2.30. The quantitative estimate of drug-likeness (QED) is 0.456. The van der Waals surface area contributed by atoms with Crippen LogP contribution < -0.4 is 10.5 Å². The van der Waals surface area contributed by atoms with Gasteiger partial charge in [-0.05, 0) is 18.1 Å². The molecule has 58 valence electrons. The molecule has 2 rings (SSSR count). The van der Waals surface area contributed by atoms with Crippen LogP contribution in [0.25, 0.3) is 0 Å². The highest BCUT2D eigenvalue weighted by Gasteiger charge is 2.09. The van der Waals surface area contributed by atoms with Gasteiger partial charge in [-0.15, -0.1) is 0 Å². The fourth-order valence-corrected chi connectivity index (χ4v) is 2.05. The van der Waals surface area contributed by atoms with Crippen molar-refractivity contribution >= 4 is 23.3 Å². The number of hydrogen-bond donors (Lipinski definition) is 2. The van der Waals surface area contributed by atoms with Gasteiger partial charge in [0, 0.05) is 5.75 Å². The number of nitrogens with two attached hydrogens (primary N) is 1. The first-order chi connectivity index (χ1) is 5.38. The fraction of sp³-hybridized carbons (Fsp3) is 0.250. The van der Waals surface area contributed by atoms with Crippen LogP contribution in [0.2, 0.25) is 0 Å². The number of para-hydroxylation sites is 1. The summed E-state index contributed by atoms with van der Waals surface area (Å²) in [5.74, 6) is 1.14. The zero-order valence-electron chi connectivity index (χ0n) is 6.13. The first-order valence-electron chi connectivity index (χ1n) is 3.63. The van der Waals surface area contributed by atoms with Crippen molar-refractivity contribution in [1.29, 1.82) is 0 Å². The monoisotopic (exact) mass is 166 g/mol. The average molecular weight is 166 g/mol.